The van der Waals surface area contributed by atoms with Gasteiger partial charge < -0.3 is 4.74 Å². The van der Waals surface area contributed by atoms with E-state index in [1.165, 1.54) is 11.1 Å². The van der Waals surface area contributed by atoms with Gasteiger partial charge in [0.05, 0.1) is 12.7 Å². The minimum Gasteiger partial charge on any atom is -0.371 e. The lowest BCUT2D eigenvalue weighted by molar-refractivity contribution is -0.0633. The molecule has 2 aromatic rings. The van der Waals surface area contributed by atoms with Crippen molar-refractivity contribution in [3.63, 3.8) is 0 Å². The van der Waals surface area contributed by atoms with Crippen LogP contribution >= 0.6 is 0 Å². The Labute approximate surface area is 120 Å². The quantitative estimate of drug-likeness (QED) is 0.855. The Kier molecular flexibility index (Phi) is 4.09. The first kappa shape index (κ1) is 13.3. The first-order valence-corrected chi connectivity index (χ1v) is 7.12. The Morgan fingerprint density at radius 1 is 1.20 bits per heavy atom. The second-order valence-corrected chi connectivity index (χ2v) is 5.37. The Hall–Kier alpha value is -1.71. The molecule has 0 unspecified atom stereocenters. The fraction of sp³-hybridized carbons (Fsp3) is 0.353. The molecule has 0 spiro atoms. The van der Waals surface area contributed by atoms with Crippen molar-refractivity contribution in [3.8, 4) is 0 Å². The summed E-state index contributed by atoms with van der Waals surface area (Å²) in [4.78, 5) is 6.66. The van der Waals surface area contributed by atoms with Crippen LogP contribution in [0.25, 0.3) is 0 Å². The van der Waals surface area contributed by atoms with Crippen LogP contribution in [0.2, 0.25) is 0 Å². The van der Waals surface area contributed by atoms with E-state index in [2.05, 4.69) is 47.1 Å². The van der Waals surface area contributed by atoms with E-state index in [1.807, 2.05) is 24.5 Å². The molecule has 20 heavy (non-hydrogen) atoms. The van der Waals surface area contributed by atoms with Crippen LogP contribution in [0.5, 0.6) is 0 Å². The lowest BCUT2D eigenvalue weighted by atomic mass is 10.1. The van der Waals surface area contributed by atoms with Gasteiger partial charge in [0.2, 0.25) is 0 Å². The van der Waals surface area contributed by atoms with Gasteiger partial charge in [0.1, 0.15) is 0 Å². The molecule has 1 aliphatic heterocycles. The Balaban J connectivity index is 1.71. The van der Waals surface area contributed by atoms with Gasteiger partial charge in [-0.3, -0.25) is 9.88 Å². The summed E-state index contributed by atoms with van der Waals surface area (Å²) in [5.41, 5.74) is 2.52. The van der Waals surface area contributed by atoms with Gasteiger partial charge in [0.15, 0.2) is 0 Å². The van der Waals surface area contributed by atoms with E-state index < -0.39 is 0 Å². The van der Waals surface area contributed by atoms with Crippen LogP contribution in [0.1, 0.15) is 24.2 Å². The van der Waals surface area contributed by atoms with E-state index in [1.54, 1.807) is 0 Å². The van der Waals surface area contributed by atoms with Gasteiger partial charge in [-0.1, -0.05) is 36.4 Å². The highest BCUT2D eigenvalue weighted by Crippen LogP contribution is 2.25. The highest BCUT2D eigenvalue weighted by Gasteiger charge is 2.26. The minimum atomic E-state index is 0.170. The largest absolute Gasteiger partial charge is 0.371 e. The molecular weight excluding hydrogens is 248 g/mol. The summed E-state index contributed by atoms with van der Waals surface area (Å²) in [5, 5.41) is 0. The highest BCUT2D eigenvalue weighted by molar-refractivity contribution is 5.19. The third kappa shape index (κ3) is 3.06. The van der Waals surface area contributed by atoms with Crippen molar-refractivity contribution in [2.75, 3.05) is 13.2 Å². The van der Waals surface area contributed by atoms with Crippen LogP contribution in [-0.4, -0.2) is 29.1 Å². The zero-order chi connectivity index (χ0) is 13.8. The molecule has 2 atom stereocenters. The SMILES string of the molecule is C[C@H]1CO[C@H](c2ccccc2)CN1Cc1cccnc1. The third-order valence-corrected chi connectivity index (χ3v) is 3.84. The number of pyridine rings is 1. The van der Waals surface area contributed by atoms with E-state index >= 15 is 0 Å². The predicted molar refractivity (Wildman–Crippen MR) is 79.2 cm³/mol. The number of rotatable bonds is 3. The molecule has 3 rings (SSSR count). The number of hydrogen-bond acceptors (Lipinski definition) is 3. The summed E-state index contributed by atoms with van der Waals surface area (Å²) in [6.45, 7) is 4.86. The molecule has 1 aromatic heterocycles. The molecule has 0 amide bonds. The maximum absolute atomic E-state index is 5.99. The monoisotopic (exact) mass is 268 g/mol. The Morgan fingerprint density at radius 3 is 2.80 bits per heavy atom. The van der Waals surface area contributed by atoms with Gasteiger partial charge in [-0.25, -0.2) is 0 Å². The van der Waals surface area contributed by atoms with Crippen molar-refractivity contribution in [3.05, 3.63) is 66.0 Å². The minimum absolute atomic E-state index is 0.170. The molecule has 1 saturated heterocycles. The average molecular weight is 268 g/mol. The van der Waals surface area contributed by atoms with Crippen molar-refractivity contribution in [2.45, 2.75) is 25.6 Å². The fourth-order valence-corrected chi connectivity index (χ4v) is 2.62. The number of benzene rings is 1. The lowest BCUT2D eigenvalue weighted by Gasteiger charge is -2.38. The number of aromatic nitrogens is 1. The summed E-state index contributed by atoms with van der Waals surface area (Å²) in [6, 6.07) is 15.0. The lowest BCUT2D eigenvalue weighted by Crippen LogP contribution is -2.44. The molecule has 2 heterocycles. The van der Waals surface area contributed by atoms with Gasteiger partial charge in [-0.2, -0.15) is 0 Å². The molecule has 104 valence electrons. The zero-order valence-corrected chi connectivity index (χ0v) is 11.8. The van der Waals surface area contributed by atoms with E-state index in [4.69, 9.17) is 4.74 Å². The maximum atomic E-state index is 5.99. The topological polar surface area (TPSA) is 25.4 Å². The molecule has 0 aliphatic carbocycles. The van der Waals surface area contributed by atoms with Crippen LogP contribution in [0.4, 0.5) is 0 Å². The molecule has 1 aromatic carbocycles. The first-order valence-electron chi connectivity index (χ1n) is 7.12. The first-order chi connectivity index (χ1) is 9.83. The number of nitrogens with zero attached hydrogens (tertiary/aromatic N) is 2. The number of hydrogen-bond donors (Lipinski definition) is 0. The Morgan fingerprint density at radius 2 is 2.05 bits per heavy atom. The van der Waals surface area contributed by atoms with Gasteiger partial charge >= 0.3 is 0 Å². The predicted octanol–water partition coefficient (Wildman–Crippen LogP) is 3.04. The third-order valence-electron chi connectivity index (χ3n) is 3.84. The van der Waals surface area contributed by atoms with Crippen LogP contribution in [-0.2, 0) is 11.3 Å². The molecule has 0 N–H and O–H groups in total. The van der Waals surface area contributed by atoms with Crippen molar-refractivity contribution < 1.29 is 4.74 Å². The summed E-state index contributed by atoms with van der Waals surface area (Å²) >= 11 is 0. The van der Waals surface area contributed by atoms with Gasteiger partial charge in [-0.05, 0) is 24.1 Å². The normalized spacial score (nSPS) is 23.6. The van der Waals surface area contributed by atoms with Crippen LogP contribution < -0.4 is 0 Å². The summed E-state index contributed by atoms with van der Waals surface area (Å²) in [7, 11) is 0. The summed E-state index contributed by atoms with van der Waals surface area (Å²) < 4.78 is 5.99. The van der Waals surface area contributed by atoms with Gasteiger partial charge in [0.25, 0.3) is 0 Å². The average Bonchev–Trinajstić information content (AvgIpc) is 2.51. The summed E-state index contributed by atoms with van der Waals surface area (Å²) in [5.74, 6) is 0. The van der Waals surface area contributed by atoms with E-state index in [9.17, 15) is 0 Å². The standard InChI is InChI=1S/C17H20N2O/c1-14-13-20-17(16-7-3-2-4-8-16)12-19(14)11-15-6-5-9-18-10-15/h2-10,14,17H,11-13H2,1H3/t14-,17-/m0/s1. The maximum Gasteiger partial charge on any atom is 0.0952 e. The Bertz CT molecular complexity index is 529. The van der Waals surface area contributed by atoms with Crippen LogP contribution in [0, 0.1) is 0 Å². The van der Waals surface area contributed by atoms with Crippen molar-refractivity contribution >= 4 is 0 Å². The van der Waals surface area contributed by atoms with Crippen molar-refractivity contribution in [1.29, 1.82) is 0 Å². The molecule has 3 nitrogen and oxygen atoms in total. The van der Waals surface area contributed by atoms with Crippen LogP contribution in [0.15, 0.2) is 54.9 Å². The highest BCUT2D eigenvalue weighted by atomic mass is 16.5. The molecule has 3 heteroatoms. The van der Waals surface area contributed by atoms with Crippen molar-refractivity contribution in [1.82, 2.24) is 9.88 Å². The van der Waals surface area contributed by atoms with Gasteiger partial charge in [0, 0.05) is 31.5 Å². The second kappa shape index (κ2) is 6.16. The fourth-order valence-electron chi connectivity index (χ4n) is 2.62. The molecule has 0 bridgehead atoms. The van der Waals surface area contributed by atoms with E-state index in [0.29, 0.717) is 6.04 Å². The second-order valence-electron chi connectivity index (χ2n) is 5.37. The van der Waals surface area contributed by atoms with Crippen LogP contribution in [0.3, 0.4) is 0 Å². The van der Waals surface area contributed by atoms with E-state index in [0.717, 1.165) is 19.7 Å². The molecule has 0 radical (unpaired) electrons. The molecule has 0 saturated carbocycles. The number of ether oxygens (including phenoxy) is 1. The molecular formula is C17H20N2O. The number of morpholine rings is 1. The molecule has 1 fully saturated rings. The zero-order valence-electron chi connectivity index (χ0n) is 11.8. The van der Waals surface area contributed by atoms with Crippen molar-refractivity contribution in [2.24, 2.45) is 0 Å². The molecule has 1 aliphatic rings. The smallest absolute Gasteiger partial charge is 0.0952 e. The van der Waals surface area contributed by atoms with E-state index in [-0.39, 0.29) is 6.10 Å². The van der Waals surface area contributed by atoms with Gasteiger partial charge in [-0.15, -0.1) is 0 Å². The summed E-state index contributed by atoms with van der Waals surface area (Å²) in [6.07, 6.45) is 3.93.